The number of nitriles is 1. The van der Waals surface area contributed by atoms with Crippen LogP contribution in [0.4, 0.5) is 13.2 Å². The molecule has 0 spiro atoms. The molecule has 0 N–H and O–H groups in total. The second-order valence-electron chi connectivity index (χ2n) is 3.20. The number of methoxy groups -OCH3 is 1. The highest BCUT2D eigenvalue weighted by atomic mass is 19.4. The summed E-state index contributed by atoms with van der Waals surface area (Å²) in [5, 5.41) is 8.77. The largest absolute Gasteiger partial charge is 0.573 e. The van der Waals surface area contributed by atoms with Gasteiger partial charge in [-0.3, -0.25) is 4.79 Å². The van der Waals surface area contributed by atoms with Gasteiger partial charge in [-0.05, 0) is 12.1 Å². The molecule has 0 fully saturated rings. The first-order valence-corrected chi connectivity index (χ1v) is 4.69. The minimum absolute atomic E-state index is 0.0780. The summed E-state index contributed by atoms with van der Waals surface area (Å²) in [4.78, 5) is 22.0. The maximum Gasteiger partial charge on any atom is 0.573 e. The molecule has 1 aromatic carbocycles. The fourth-order valence-corrected chi connectivity index (χ4v) is 1.27. The molecule has 0 radical (unpaired) electrons. The van der Waals surface area contributed by atoms with Gasteiger partial charge in [-0.2, -0.15) is 5.26 Å². The Morgan fingerprint density at radius 2 is 2.05 bits per heavy atom. The summed E-state index contributed by atoms with van der Waals surface area (Å²) < 4.78 is 44.3. The van der Waals surface area contributed by atoms with Crippen molar-refractivity contribution in [2.45, 2.75) is 6.36 Å². The molecular weight excluding hydrogens is 267 g/mol. The van der Waals surface area contributed by atoms with Gasteiger partial charge in [0.1, 0.15) is 11.8 Å². The summed E-state index contributed by atoms with van der Waals surface area (Å²) >= 11 is 0. The van der Waals surface area contributed by atoms with Crippen LogP contribution in [0.1, 0.15) is 26.3 Å². The maximum atomic E-state index is 12.1. The summed E-state index contributed by atoms with van der Waals surface area (Å²) in [6.07, 6.45) is -4.94. The van der Waals surface area contributed by atoms with Crippen LogP contribution >= 0.6 is 0 Å². The third-order valence-electron chi connectivity index (χ3n) is 2.03. The fraction of sp³-hybridized carbons (Fsp3) is 0.182. The van der Waals surface area contributed by atoms with Gasteiger partial charge in [0.25, 0.3) is 0 Å². The number of carbonyl (C=O) groups excluding carboxylic acids is 2. The third kappa shape index (κ3) is 3.45. The Kier molecular flexibility index (Phi) is 4.11. The van der Waals surface area contributed by atoms with Crippen LogP contribution in [0.15, 0.2) is 12.1 Å². The Labute approximate surface area is 105 Å². The lowest BCUT2D eigenvalue weighted by molar-refractivity contribution is -0.274. The number of esters is 1. The summed E-state index contributed by atoms with van der Waals surface area (Å²) in [6.45, 7) is 0. The molecule has 0 bridgehead atoms. The van der Waals surface area contributed by atoms with E-state index in [-0.39, 0.29) is 11.8 Å². The van der Waals surface area contributed by atoms with Gasteiger partial charge in [-0.15, -0.1) is 13.2 Å². The first-order chi connectivity index (χ1) is 8.82. The number of ether oxygens (including phenoxy) is 2. The highest BCUT2D eigenvalue weighted by Gasteiger charge is 2.33. The first-order valence-electron chi connectivity index (χ1n) is 4.69. The molecule has 0 heterocycles. The lowest BCUT2D eigenvalue weighted by Crippen LogP contribution is -2.19. The number of halogens is 3. The second kappa shape index (κ2) is 5.39. The SMILES string of the molecule is COC(=O)c1cc(C=O)c(OC(F)(F)F)cc1C#N. The predicted molar refractivity (Wildman–Crippen MR) is 54.6 cm³/mol. The maximum absolute atomic E-state index is 12.1. The van der Waals surface area contributed by atoms with Gasteiger partial charge in [0.2, 0.25) is 0 Å². The quantitative estimate of drug-likeness (QED) is 0.622. The van der Waals surface area contributed by atoms with Gasteiger partial charge < -0.3 is 9.47 Å². The Hall–Kier alpha value is -2.56. The van der Waals surface area contributed by atoms with Crippen molar-refractivity contribution in [1.82, 2.24) is 0 Å². The second-order valence-corrected chi connectivity index (χ2v) is 3.20. The number of rotatable bonds is 3. The Morgan fingerprint density at radius 3 is 2.47 bits per heavy atom. The Morgan fingerprint density at radius 1 is 1.42 bits per heavy atom. The number of hydrogen-bond acceptors (Lipinski definition) is 5. The number of benzene rings is 1. The van der Waals surface area contributed by atoms with Crippen molar-refractivity contribution in [3.63, 3.8) is 0 Å². The molecule has 100 valence electrons. The van der Waals surface area contributed by atoms with E-state index in [2.05, 4.69) is 9.47 Å². The van der Waals surface area contributed by atoms with Crippen molar-refractivity contribution in [2.75, 3.05) is 7.11 Å². The van der Waals surface area contributed by atoms with Gasteiger partial charge in [-0.25, -0.2) is 4.79 Å². The van der Waals surface area contributed by atoms with E-state index in [1.807, 2.05) is 0 Å². The molecule has 0 aliphatic carbocycles. The molecule has 0 aromatic heterocycles. The van der Waals surface area contributed by atoms with Crippen LogP contribution < -0.4 is 4.74 Å². The van der Waals surface area contributed by atoms with Crippen LogP contribution in [-0.2, 0) is 4.74 Å². The van der Waals surface area contributed by atoms with Crippen LogP contribution in [0.25, 0.3) is 0 Å². The van der Waals surface area contributed by atoms with Crippen LogP contribution in [0.2, 0.25) is 0 Å². The molecular formula is C11H6F3NO4. The summed E-state index contributed by atoms with van der Waals surface area (Å²) in [6, 6.07) is 2.98. The predicted octanol–water partition coefficient (Wildman–Crippen LogP) is 2.06. The van der Waals surface area contributed by atoms with Crippen molar-refractivity contribution in [3.8, 4) is 11.8 Å². The van der Waals surface area contributed by atoms with E-state index in [0.717, 1.165) is 13.2 Å². The summed E-state index contributed by atoms with van der Waals surface area (Å²) in [5.74, 6) is -1.80. The number of nitrogens with zero attached hydrogens (tertiary/aromatic N) is 1. The average Bonchev–Trinajstić information content (AvgIpc) is 2.35. The molecule has 0 amide bonds. The normalized spacial score (nSPS) is 10.5. The minimum Gasteiger partial charge on any atom is -0.465 e. The number of alkyl halides is 3. The lowest BCUT2D eigenvalue weighted by Gasteiger charge is -2.12. The zero-order valence-electron chi connectivity index (χ0n) is 9.45. The van der Waals surface area contributed by atoms with Crippen LogP contribution in [-0.4, -0.2) is 25.7 Å². The Bertz CT molecular complexity index is 560. The average molecular weight is 273 g/mol. The van der Waals surface area contributed by atoms with Gasteiger partial charge in [0.15, 0.2) is 6.29 Å². The standard InChI is InChI=1S/C11H6F3NO4/c1-18-10(17)8-2-7(5-16)9(3-6(8)4-15)19-11(12,13)14/h2-3,5H,1H3. The van der Waals surface area contributed by atoms with E-state index in [9.17, 15) is 22.8 Å². The van der Waals surface area contributed by atoms with Crippen LogP contribution in [0.5, 0.6) is 5.75 Å². The highest BCUT2D eigenvalue weighted by Crippen LogP contribution is 2.28. The molecule has 0 aliphatic heterocycles. The molecule has 1 rings (SSSR count). The molecule has 8 heteroatoms. The van der Waals surface area contributed by atoms with Gasteiger partial charge in [0, 0.05) is 0 Å². The fourth-order valence-electron chi connectivity index (χ4n) is 1.27. The highest BCUT2D eigenvalue weighted by molar-refractivity contribution is 5.95. The van der Waals surface area contributed by atoms with E-state index in [1.165, 1.54) is 6.07 Å². The number of carbonyl (C=O) groups is 2. The topological polar surface area (TPSA) is 76.4 Å². The van der Waals surface area contributed by atoms with E-state index < -0.39 is 29.2 Å². The van der Waals surface area contributed by atoms with Gasteiger partial charge >= 0.3 is 12.3 Å². The van der Waals surface area contributed by atoms with Crippen molar-refractivity contribution in [1.29, 1.82) is 5.26 Å². The molecule has 0 saturated carbocycles. The minimum atomic E-state index is -5.02. The van der Waals surface area contributed by atoms with E-state index in [0.29, 0.717) is 6.07 Å². The van der Waals surface area contributed by atoms with E-state index in [4.69, 9.17) is 5.26 Å². The van der Waals surface area contributed by atoms with Crippen molar-refractivity contribution < 1.29 is 32.2 Å². The summed E-state index contributed by atoms with van der Waals surface area (Å²) in [5.41, 5.74) is -1.23. The molecule has 5 nitrogen and oxygen atoms in total. The molecule has 1 aromatic rings. The number of aldehydes is 1. The molecule has 0 atom stereocenters. The van der Waals surface area contributed by atoms with Crippen molar-refractivity contribution >= 4 is 12.3 Å². The molecule has 19 heavy (non-hydrogen) atoms. The van der Waals surface area contributed by atoms with Crippen molar-refractivity contribution in [2.24, 2.45) is 0 Å². The van der Waals surface area contributed by atoms with Crippen molar-refractivity contribution in [3.05, 3.63) is 28.8 Å². The zero-order chi connectivity index (χ0) is 14.6. The van der Waals surface area contributed by atoms with Crippen LogP contribution in [0, 0.1) is 11.3 Å². The van der Waals surface area contributed by atoms with Gasteiger partial charge in [-0.1, -0.05) is 0 Å². The van der Waals surface area contributed by atoms with Gasteiger partial charge in [0.05, 0.1) is 23.8 Å². The molecule has 0 unspecified atom stereocenters. The monoisotopic (exact) mass is 273 g/mol. The number of hydrogen-bond donors (Lipinski definition) is 0. The third-order valence-corrected chi connectivity index (χ3v) is 2.03. The smallest absolute Gasteiger partial charge is 0.465 e. The zero-order valence-corrected chi connectivity index (χ0v) is 9.45. The molecule has 0 saturated heterocycles. The summed E-state index contributed by atoms with van der Waals surface area (Å²) in [7, 11) is 1.03. The first kappa shape index (κ1) is 14.5. The van der Waals surface area contributed by atoms with E-state index >= 15 is 0 Å². The molecule has 0 aliphatic rings. The van der Waals surface area contributed by atoms with E-state index in [1.54, 1.807) is 0 Å². The Balaban J connectivity index is 3.40. The lowest BCUT2D eigenvalue weighted by atomic mass is 10.0. The van der Waals surface area contributed by atoms with Crippen LogP contribution in [0.3, 0.4) is 0 Å².